The fourth-order valence-corrected chi connectivity index (χ4v) is 7.37. The Balaban J connectivity index is 1.12. The van der Waals surface area contributed by atoms with Gasteiger partial charge in [-0.05, 0) is 79.9 Å². The van der Waals surface area contributed by atoms with Crippen LogP contribution >= 0.6 is 0 Å². The zero-order chi connectivity index (χ0) is 35.6. The molecule has 0 aliphatic rings. The number of aliphatic imine (C=N–C) groups is 1. The molecule has 9 aromatic rings. The van der Waals surface area contributed by atoms with Crippen molar-refractivity contribution in [3.63, 3.8) is 0 Å². The summed E-state index contributed by atoms with van der Waals surface area (Å²) in [5, 5.41) is 2.09. The van der Waals surface area contributed by atoms with Crippen molar-refractivity contribution in [1.82, 2.24) is 0 Å². The first-order valence-corrected chi connectivity index (χ1v) is 17.9. The first kappa shape index (κ1) is 32.0. The van der Waals surface area contributed by atoms with E-state index in [2.05, 4.69) is 152 Å². The van der Waals surface area contributed by atoms with Gasteiger partial charge in [0.15, 0.2) is 0 Å². The van der Waals surface area contributed by atoms with Crippen molar-refractivity contribution in [2.75, 3.05) is 0 Å². The van der Waals surface area contributed by atoms with Gasteiger partial charge in [-0.15, -0.1) is 0 Å². The van der Waals surface area contributed by atoms with Gasteiger partial charge in [0.05, 0.1) is 0 Å². The van der Waals surface area contributed by atoms with Crippen LogP contribution in [0.15, 0.2) is 210 Å². The van der Waals surface area contributed by atoms with Gasteiger partial charge in [0.2, 0.25) is 0 Å². The number of nitrogens with two attached hydrogens (primary N) is 1. The highest BCUT2D eigenvalue weighted by Crippen LogP contribution is 2.40. The van der Waals surface area contributed by atoms with E-state index in [0.717, 1.165) is 60.9 Å². The van der Waals surface area contributed by atoms with Gasteiger partial charge < -0.3 is 10.2 Å². The molecule has 1 heterocycles. The quantitative estimate of drug-likeness (QED) is 0.128. The van der Waals surface area contributed by atoms with Gasteiger partial charge >= 0.3 is 0 Å². The minimum absolute atomic E-state index is 0.353. The van der Waals surface area contributed by atoms with Gasteiger partial charge in [0.25, 0.3) is 0 Å². The summed E-state index contributed by atoms with van der Waals surface area (Å²) in [6, 6.07) is 69.4. The maximum absolute atomic E-state index is 6.87. The zero-order valence-electron chi connectivity index (χ0n) is 29.1. The number of nitrogens with zero attached hydrogens (tertiary/aromatic N) is 1. The van der Waals surface area contributed by atoms with Gasteiger partial charge in [-0.1, -0.05) is 176 Å². The third-order valence-corrected chi connectivity index (χ3v) is 10.0. The van der Waals surface area contributed by atoms with Crippen molar-refractivity contribution in [1.29, 1.82) is 0 Å². The van der Waals surface area contributed by atoms with Gasteiger partial charge in [0.1, 0.15) is 23.0 Å². The molecule has 3 nitrogen and oxygen atoms in total. The molecule has 0 aliphatic heterocycles. The zero-order valence-corrected chi connectivity index (χ0v) is 29.1. The van der Waals surface area contributed by atoms with Crippen LogP contribution in [0.2, 0.25) is 0 Å². The lowest BCUT2D eigenvalue weighted by Gasteiger charge is -2.17. The summed E-state index contributed by atoms with van der Waals surface area (Å²) in [5.41, 5.74) is 20.8. The van der Waals surface area contributed by atoms with Gasteiger partial charge in [-0.3, -0.25) is 4.99 Å². The maximum Gasteiger partial charge on any atom is 0.135 e. The van der Waals surface area contributed by atoms with Crippen LogP contribution in [0.5, 0.6) is 0 Å². The Morgan fingerprint density at radius 2 is 0.962 bits per heavy atom. The minimum atomic E-state index is -0.353. The summed E-state index contributed by atoms with van der Waals surface area (Å²) < 4.78 is 6.48. The first-order chi connectivity index (χ1) is 26.2. The summed E-state index contributed by atoms with van der Waals surface area (Å²) in [6.45, 7) is 0. The number of benzene rings is 8. The molecule has 252 valence electrons. The molecule has 1 unspecified atom stereocenters. The lowest BCUT2D eigenvalue weighted by Crippen LogP contribution is -2.16. The molecule has 1 atom stereocenters. The van der Waals surface area contributed by atoms with E-state index in [1.807, 2.05) is 48.5 Å². The van der Waals surface area contributed by atoms with E-state index in [9.17, 15) is 0 Å². The molecule has 53 heavy (non-hydrogen) atoms. The minimum Gasteiger partial charge on any atom is -0.456 e. The van der Waals surface area contributed by atoms with E-state index in [4.69, 9.17) is 15.1 Å². The molecular formula is C50H36N2O. The molecule has 0 amide bonds. The highest BCUT2D eigenvalue weighted by atomic mass is 16.3. The molecule has 1 aromatic heterocycles. The monoisotopic (exact) mass is 680 g/mol. The molecule has 2 N–H and O–H groups in total. The van der Waals surface area contributed by atoms with Crippen LogP contribution in [0.3, 0.4) is 0 Å². The fourth-order valence-electron chi connectivity index (χ4n) is 7.37. The smallest absolute Gasteiger partial charge is 0.135 e. The van der Waals surface area contributed by atoms with E-state index in [1.54, 1.807) is 0 Å². The third kappa shape index (κ3) is 6.30. The van der Waals surface area contributed by atoms with Crippen molar-refractivity contribution in [2.45, 2.75) is 6.04 Å². The van der Waals surface area contributed by atoms with Crippen molar-refractivity contribution < 1.29 is 4.42 Å². The van der Waals surface area contributed by atoms with Crippen LogP contribution in [0.25, 0.3) is 66.4 Å². The molecule has 9 rings (SSSR count). The second kappa shape index (κ2) is 14.0. The Kier molecular flexibility index (Phi) is 8.43. The van der Waals surface area contributed by atoms with Crippen molar-refractivity contribution in [3.05, 3.63) is 217 Å². The summed E-state index contributed by atoms with van der Waals surface area (Å²) in [4.78, 5) is 5.26. The van der Waals surface area contributed by atoms with E-state index in [1.165, 1.54) is 22.3 Å². The standard InChI is InChI=1S/C50H36N2O/c51-50(41-21-12-20-39(32-41)34-14-4-1-5-15-34)52-49(38-18-8-3-9-19-38)44-24-13-25-47-48(44)45-33-40(30-31-46(45)53-47)35-26-28-37(29-27-35)43-23-11-10-22-42(43)36-16-6-2-7-17-36/h1-33,49H,(H2,51,52). The molecule has 0 radical (unpaired) electrons. The fraction of sp³-hybridized carbons (Fsp3) is 0.0200. The predicted octanol–water partition coefficient (Wildman–Crippen LogP) is 12.7. The van der Waals surface area contributed by atoms with E-state index in [0.29, 0.717) is 5.84 Å². The van der Waals surface area contributed by atoms with Crippen molar-refractivity contribution in [2.24, 2.45) is 10.7 Å². The van der Waals surface area contributed by atoms with Crippen LogP contribution in [-0.4, -0.2) is 5.84 Å². The second-order valence-electron chi connectivity index (χ2n) is 13.3. The number of rotatable bonds is 8. The van der Waals surface area contributed by atoms with Gasteiger partial charge in [-0.25, -0.2) is 0 Å². The Bertz CT molecular complexity index is 2710. The van der Waals surface area contributed by atoms with E-state index < -0.39 is 0 Å². The Hall–Kier alpha value is -6.97. The van der Waals surface area contributed by atoms with Crippen molar-refractivity contribution >= 4 is 27.8 Å². The molecule has 8 aromatic carbocycles. The van der Waals surface area contributed by atoms with E-state index in [-0.39, 0.29) is 6.04 Å². The summed E-state index contributed by atoms with van der Waals surface area (Å²) in [5.74, 6) is 0.482. The number of furan rings is 1. The van der Waals surface area contributed by atoms with Crippen molar-refractivity contribution in [3.8, 4) is 44.5 Å². The largest absolute Gasteiger partial charge is 0.456 e. The molecule has 0 saturated carbocycles. The Labute approximate surface area is 309 Å². The van der Waals surface area contributed by atoms with Crippen LogP contribution in [0, 0.1) is 0 Å². The first-order valence-electron chi connectivity index (χ1n) is 17.9. The summed E-state index contributed by atoms with van der Waals surface area (Å²) >= 11 is 0. The Morgan fingerprint density at radius 1 is 0.434 bits per heavy atom. The Morgan fingerprint density at radius 3 is 1.68 bits per heavy atom. The molecular weight excluding hydrogens is 645 g/mol. The number of fused-ring (bicyclic) bond motifs is 3. The van der Waals surface area contributed by atoms with Gasteiger partial charge in [-0.2, -0.15) is 0 Å². The lowest BCUT2D eigenvalue weighted by atomic mass is 9.92. The molecule has 0 spiro atoms. The normalized spacial score (nSPS) is 12.3. The molecule has 0 bridgehead atoms. The lowest BCUT2D eigenvalue weighted by molar-refractivity contribution is 0.668. The highest BCUT2D eigenvalue weighted by Gasteiger charge is 2.21. The molecule has 0 saturated heterocycles. The number of amidine groups is 1. The maximum atomic E-state index is 6.87. The molecule has 0 fully saturated rings. The molecule has 3 heteroatoms. The predicted molar refractivity (Wildman–Crippen MR) is 221 cm³/mol. The van der Waals surface area contributed by atoms with E-state index >= 15 is 0 Å². The topological polar surface area (TPSA) is 51.5 Å². The third-order valence-electron chi connectivity index (χ3n) is 10.0. The van der Waals surface area contributed by atoms with Crippen LogP contribution in [-0.2, 0) is 0 Å². The average Bonchev–Trinajstić information content (AvgIpc) is 3.62. The second-order valence-corrected chi connectivity index (χ2v) is 13.3. The summed E-state index contributed by atoms with van der Waals surface area (Å²) in [7, 11) is 0. The van der Waals surface area contributed by atoms with Crippen LogP contribution in [0.4, 0.5) is 0 Å². The molecule has 0 aliphatic carbocycles. The van der Waals surface area contributed by atoms with Gasteiger partial charge in [0, 0.05) is 16.3 Å². The van der Waals surface area contributed by atoms with Crippen LogP contribution < -0.4 is 5.73 Å². The summed E-state index contributed by atoms with van der Waals surface area (Å²) in [6.07, 6.45) is 0. The average molecular weight is 681 g/mol. The number of hydrogen-bond acceptors (Lipinski definition) is 2. The highest BCUT2D eigenvalue weighted by molar-refractivity contribution is 6.09. The van der Waals surface area contributed by atoms with Crippen LogP contribution in [0.1, 0.15) is 22.7 Å². The number of hydrogen-bond donors (Lipinski definition) is 1. The SMILES string of the molecule is NC(=NC(c1ccccc1)c1cccc2oc3ccc(-c4ccc(-c5ccccc5-c5ccccc5)cc4)cc3c12)c1cccc(-c2ccccc2)c1.